The average molecular weight is 298 g/mol. The predicted molar refractivity (Wildman–Crippen MR) is 78.4 cm³/mol. The minimum atomic E-state index is -0.207. The van der Waals surface area contributed by atoms with E-state index in [4.69, 9.17) is 23.2 Å². The number of halogens is 3. The molecule has 19 heavy (non-hydrogen) atoms. The molecule has 2 rings (SSSR count). The van der Waals surface area contributed by atoms with E-state index in [0.717, 1.165) is 5.56 Å². The molecule has 100 valence electrons. The average Bonchev–Trinajstić information content (AvgIpc) is 2.41. The van der Waals surface area contributed by atoms with Crippen molar-refractivity contribution in [3.05, 3.63) is 69.5 Å². The Morgan fingerprint density at radius 1 is 1.11 bits per heavy atom. The van der Waals surface area contributed by atoms with Crippen LogP contribution in [0.3, 0.4) is 0 Å². The maximum atomic E-state index is 13.7. The lowest BCUT2D eigenvalue weighted by atomic mass is 9.98. The fourth-order valence-electron chi connectivity index (χ4n) is 2.04. The fraction of sp³-hybridized carbons (Fsp3) is 0.200. The molecule has 0 aliphatic rings. The zero-order valence-corrected chi connectivity index (χ0v) is 12.0. The minimum Gasteiger partial charge on any atom is -0.313 e. The normalized spacial score (nSPS) is 12.4. The van der Waals surface area contributed by atoms with Gasteiger partial charge in [0.05, 0.1) is 10.0 Å². The van der Waals surface area contributed by atoms with Crippen LogP contribution in [0.4, 0.5) is 4.39 Å². The van der Waals surface area contributed by atoms with Crippen LogP contribution in [0.15, 0.2) is 42.5 Å². The smallest absolute Gasteiger partial charge is 0.126 e. The molecule has 2 aromatic carbocycles. The van der Waals surface area contributed by atoms with Gasteiger partial charge < -0.3 is 5.32 Å². The molecule has 1 nitrogen and oxygen atoms in total. The predicted octanol–water partition coefficient (Wildman–Crippen LogP) is 4.64. The summed E-state index contributed by atoms with van der Waals surface area (Å²) in [6.45, 7) is 0. The van der Waals surface area contributed by atoms with Crippen molar-refractivity contribution in [2.75, 3.05) is 7.05 Å². The van der Waals surface area contributed by atoms with Crippen molar-refractivity contribution >= 4 is 23.2 Å². The number of hydrogen-bond acceptors (Lipinski definition) is 1. The lowest BCUT2D eigenvalue weighted by Crippen LogP contribution is -2.19. The van der Waals surface area contributed by atoms with E-state index in [9.17, 15) is 4.39 Å². The molecule has 2 aromatic rings. The van der Waals surface area contributed by atoms with Gasteiger partial charge in [0, 0.05) is 6.04 Å². The Labute approximate surface area is 122 Å². The van der Waals surface area contributed by atoms with Gasteiger partial charge in [-0.05, 0) is 36.7 Å². The maximum absolute atomic E-state index is 13.7. The van der Waals surface area contributed by atoms with Gasteiger partial charge in [0.25, 0.3) is 0 Å². The Hall–Kier alpha value is -1.09. The molecular formula is C15H14Cl2FN. The van der Waals surface area contributed by atoms with Gasteiger partial charge in [-0.1, -0.05) is 53.5 Å². The molecule has 0 aromatic heterocycles. The van der Waals surface area contributed by atoms with Crippen LogP contribution in [0.2, 0.25) is 10.0 Å². The van der Waals surface area contributed by atoms with E-state index >= 15 is 0 Å². The fourth-order valence-corrected chi connectivity index (χ4v) is 2.48. The summed E-state index contributed by atoms with van der Waals surface area (Å²) in [5.41, 5.74) is 1.53. The minimum absolute atomic E-state index is 0.0805. The molecule has 1 atom stereocenters. The first-order chi connectivity index (χ1) is 9.13. The van der Waals surface area contributed by atoms with Crippen LogP contribution in [-0.4, -0.2) is 7.05 Å². The van der Waals surface area contributed by atoms with E-state index in [0.29, 0.717) is 22.0 Å². The van der Waals surface area contributed by atoms with Crippen LogP contribution in [0.25, 0.3) is 0 Å². The van der Waals surface area contributed by atoms with Crippen molar-refractivity contribution in [1.29, 1.82) is 0 Å². The quantitative estimate of drug-likeness (QED) is 0.867. The van der Waals surface area contributed by atoms with Crippen molar-refractivity contribution in [2.45, 2.75) is 12.5 Å². The Kier molecular flexibility index (Phi) is 4.81. The molecule has 1 N–H and O–H groups in total. The van der Waals surface area contributed by atoms with Crippen LogP contribution in [0.1, 0.15) is 17.2 Å². The highest BCUT2D eigenvalue weighted by atomic mass is 35.5. The van der Waals surface area contributed by atoms with E-state index in [1.807, 2.05) is 25.2 Å². The second kappa shape index (κ2) is 6.38. The van der Waals surface area contributed by atoms with Crippen LogP contribution in [-0.2, 0) is 6.42 Å². The van der Waals surface area contributed by atoms with Crippen molar-refractivity contribution in [2.24, 2.45) is 0 Å². The van der Waals surface area contributed by atoms with Gasteiger partial charge >= 0.3 is 0 Å². The molecule has 0 saturated heterocycles. The Balaban J connectivity index is 2.31. The number of hydrogen-bond donors (Lipinski definition) is 1. The Morgan fingerprint density at radius 2 is 1.84 bits per heavy atom. The zero-order valence-electron chi connectivity index (χ0n) is 10.5. The van der Waals surface area contributed by atoms with E-state index in [-0.39, 0.29) is 11.9 Å². The summed E-state index contributed by atoms with van der Waals surface area (Å²) >= 11 is 12.2. The van der Waals surface area contributed by atoms with E-state index < -0.39 is 0 Å². The molecule has 0 radical (unpaired) electrons. The molecule has 0 aliphatic heterocycles. The summed E-state index contributed by atoms with van der Waals surface area (Å²) in [4.78, 5) is 0. The number of likely N-dealkylation sites (N-methyl/N-ethyl adjacent to an activating group) is 1. The summed E-state index contributed by atoms with van der Waals surface area (Å²) in [5.74, 6) is -0.207. The largest absolute Gasteiger partial charge is 0.313 e. The molecule has 0 aliphatic carbocycles. The highest BCUT2D eigenvalue weighted by Gasteiger charge is 2.16. The molecule has 0 heterocycles. The number of rotatable bonds is 4. The first-order valence-corrected chi connectivity index (χ1v) is 6.73. The summed E-state index contributed by atoms with van der Waals surface area (Å²) < 4.78 is 13.7. The molecule has 0 bridgehead atoms. The monoisotopic (exact) mass is 297 g/mol. The maximum Gasteiger partial charge on any atom is 0.126 e. The van der Waals surface area contributed by atoms with Crippen molar-refractivity contribution in [1.82, 2.24) is 5.32 Å². The molecule has 0 saturated carbocycles. The van der Waals surface area contributed by atoms with Gasteiger partial charge in [0.15, 0.2) is 0 Å². The zero-order chi connectivity index (χ0) is 13.8. The Bertz CT molecular complexity index is 572. The van der Waals surface area contributed by atoms with Crippen LogP contribution < -0.4 is 5.32 Å². The van der Waals surface area contributed by atoms with Crippen molar-refractivity contribution < 1.29 is 4.39 Å². The topological polar surface area (TPSA) is 12.0 Å². The third-order valence-corrected chi connectivity index (χ3v) is 3.92. The summed E-state index contributed by atoms with van der Waals surface area (Å²) in [5, 5.41) is 4.17. The molecule has 4 heteroatoms. The van der Waals surface area contributed by atoms with Gasteiger partial charge in [0.1, 0.15) is 5.82 Å². The summed E-state index contributed by atoms with van der Waals surface area (Å²) in [6.07, 6.45) is 0.517. The lowest BCUT2D eigenvalue weighted by molar-refractivity contribution is 0.554. The number of benzene rings is 2. The van der Waals surface area contributed by atoms with E-state index in [2.05, 4.69) is 5.32 Å². The van der Waals surface area contributed by atoms with Crippen LogP contribution in [0.5, 0.6) is 0 Å². The summed E-state index contributed by atoms with van der Waals surface area (Å²) in [6, 6.07) is 12.1. The summed E-state index contributed by atoms with van der Waals surface area (Å²) in [7, 11) is 1.82. The molecule has 1 unspecified atom stereocenters. The standard InChI is InChI=1S/C15H14Cl2FN/c1-19-14(9-10-5-2-3-8-13(10)18)11-6-4-7-12(16)15(11)17/h2-8,14,19H,9H2,1H3. The first-order valence-electron chi connectivity index (χ1n) is 5.98. The highest BCUT2D eigenvalue weighted by molar-refractivity contribution is 6.42. The van der Waals surface area contributed by atoms with Crippen LogP contribution >= 0.6 is 23.2 Å². The van der Waals surface area contributed by atoms with Gasteiger partial charge in [-0.25, -0.2) is 4.39 Å². The van der Waals surface area contributed by atoms with Crippen LogP contribution in [0, 0.1) is 5.82 Å². The van der Waals surface area contributed by atoms with Gasteiger partial charge in [-0.3, -0.25) is 0 Å². The van der Waals surface area contributed by atoms with Crippen molar-refractivity contribution in [3.8, 4) is 0 Å². The van der Waals surface area contributed by atoms with Gasteiger partial charge in [0.2, 0.25) is 0 Å². The highest BCUT2D eigenvalue weighted by Crippen LogP contribution is 2.31. The van der Waals surface area contributed by atoms with Crippen molar-refractivity contribution in [3.63, 3.8) is 0 Å². The third kappa shape index (κ3) is 3.27. The number of nitrogens with one attached hydrogen (secondary N) is 1. The molecule has 0 fully saturated rings. The lowest BCUT2D eigenvalue weighted by Gasteiger charge is -2.19. The second-order valence-electron chi connectivity index (χ2n) is 4.28. The van der Waals surface area contributed by atoms with Gasteiger partial charge in [-0.15, -0.1) is 0 Å². The van der Waals surface area contributed by atoms with E-state index in [1.165, 1.54) is 6.07 Å². The third-order valence-electron chi connectivity index (χ3n) is 3.09. The Morgan fingerprint density at radius 3 is 2.53 bits per heavy atom. The second-order valence-corrected chi connectivity index (χ2v) is 5.07. The SMILES string of the molecule is CNC(Cc1ccccc1F)c1cccc(Cl)c1Cl. The molecule has 0 amide bonds. The molecule has 0 spiro atoms. The van der Waals surface area contributed by atoms with E-state index in [1.54, 1.807) is 18.2 Å². The van der Waals surface area contributed by atoms with Gasteiger partial charge in [-0.2, -0.15) is 0 Å². The molecular weight excluding hydrogens is 284 g/mol. The first kappa shape index (κ1) is 14.3.